The summed E-state index contributed by atoms with van der Waals surface area (Å²) in [4.78, 5) is 31.2. The Labute approximate surface area is 182 Å². The van der Waals surface area contributed by atoms with Crippen molar-refractivity contribution < 1.29 is 19.1 Å². The van der Waals surface area contributed by atoms with Crippen LogP contribution in [0.15, 0.2) is 35.3 Å². The van der Waals surface area contributed by atoms with Gasteiger partial charge in [-0.15, -0.1) is 0 Å². The van der Waals surface area contributed by atoms with Crippen molar-refractivity contribution >= 4 is 17.8 Å². The molecule has 4 atom stereocenters. The van der Waals surface area contributed by atoms with E-state index in [4.69, 9.17) is 9.47 Å². The van der Waals surface area contributed by atoms with Crippen LogP contribution in [0.3, 0.4) is 0 Å². The van der Waals surface area contributed by atoms with Crippen molar-refractivity contribution in [2.24, 2.45) is 28.7 Å². The van der Waals surface area contributed by atoms with Crippen LogP contribution >= 0.6 is 0 Å². The molecule has 2 amide bonds. The summed E-state index contributed by atoms with van der Waals surface area (Å²) in [6.07, 6.45) is 5.17. The van der Waals surface area contributed by atoms with Crippen molar-refractivity contribution in [3.8, 4) is 11.5 Å². The Bertz CT molecular complexity index is 883. The standard InChI is InChI=1S/C23H30N4O4/c1-4-31-18-11-14(5-8-17(18)30-3)13-26-23(24-2)25-9-10-27-21(28)19-15-6-7-16(12-15)20(19)22(27)29/h5-8,11,15-16,19-20H,4,9-10,12-13H2,1-3H3,(H2,24,25,26). The zero-order chi connectivity index (χ0) is 22.0. The van der Waals surface area contributed by atoms with E-state index < -0.39 is 0 Å². The Hall–Kier alpha value is -3.03. The number of imide groups is 1. The molecule has 8 nitrogen and oxygen atoms in total. The molecule has 1 aliphatic heterocycles. The van der Waals surface area contributed by atoms with Gasteiger partial charge in [0, 0.05) is 26.7 Å². The number of ether oxygens (including phenoxy) is 2. The van der Waals surface area contributed by atoms with E-state index >= 15 is 0 Å². The Morgan fingerprint density at radius 3 is 2.45 bits per heavy atom. The third-order valence-corrected chi connectivity index (χ3v) is 6.40. The number of nitrogens with one attached hydrogen (secondary N) is 2. The summed E-state index contributed by atoms with van der Waals surface area (Å²) in [5.41, 5.74) is 1.02. The zero-order valence-electron chi connectivity index (χ0n) is 18.3. The second-order valence-electron chi connectivity index (χ2n) is 8.10. The van der Waals surface area contributed by atoms with Crippen LogP contribution in [-0.2, 0) is 16.1 Å². The Morgan fingerprint density at radius 2 is 1.84 bits per heavy atom. The third-order valence-electron chi connectivity index (χ3n) is 6.40. The molecular formula is C23H30N4O4. The van der Waals surface area contributed by atoms with E-state index in [1.807, 2.05) is 25.1 Å². The van der Waals surface area contributed by atoms with Crippen LogP contribution in [0.2, 0.25) is 0 Å². The second-order valence-corrected chi connectivity index (χ2v) is 8.10. The summed E-state index contributed by atoms with van der Waals surface area (Å²) < 4.78 is 10.9. The Balaban J connectivity index is 1.28. The van der Waals surface area contributed by atoms with Gasteiger partial charge in [0.1, 0.15) is 0 Å². The van der Waals surface area contributed by atoms with Gasteiger partial charge in [-0.2, -0.15) is 0 Å². The van der Waals surface area contributed by atoms with Crippen molar-refractivity contribution in [3.05, 3.63) is 35.9 Å². The van der Waals surface area contributed by atoms with E-state index in [2.05, 4.69) is 27.8 Å². The molecule has 2 fully saturated rings. The van der Waals surface area contributed by atoms with Gasteiger partial charge in [-0.3, -0.25) is 19.5 Å². The fourth-order valence-electron chi connectivity index (χ4n) is 4.98. The number of likely N-dealkylation sites (tertiary alicyclic amines) is 1. The fourth-order valence-corrected chi connectivity index (χ4v) is 4.98. The molecule has 166 valence electrons. The number of carbonyl (C=O) groups is 2. The number of benzene rings is 1. The van der Waals surface area contributed by atoms with Gasteiger partial charge in [0.25, 0.3) is 0 Å². The number of methoxy groups -OCH3 is 1. The molecule has 31 heavy (non-hydrogen) atoms. The highest BCUT2D eigenvalue weighted by molar-refractivity contribution is 6.06. The van der Waals surface area contributed by atoms with Gasteiger partial charge in [0.2, 0.25) is 11.8 Å². The average Bonchev–Trinajstić information content (AvgIpc) is 3.46. The smallest absolute Gasteiger partial charge is 0.233 e. The van der Waals surface area contributed by atoms with Crippen LogP contribution in [0.4, 0.5) is 0 Å². The summed E-state index contributed by atoms with van der Waals surface area (Å²) in [6.45, 7) is 3.84. The SMILES string of the molecule is CCOc1cc(CNC(=NC)NCCN2C(=O)C3C4C=CC(C4)C3C2=O)ccc1OC. The number of nitrogens with zero attached hydrogens (tertiary/aromatic N) is 2. The molecule has 1 aromatic rings. The molecule has 1 saturated carbocycles. The monoisotopic (exact) mass is 426 g/mol. The van der Waals surface area contributed by atoms with Crippen LogP contribution in [-0.4, -0.2) is 56.5 Å². The maximum absolute atomic E-state index is 12.8. The third kappa shape index (κ3) is 3.98. The normalized spacial score (nSPS) is 26.4. The van der Waals surface area contributed by atoms with E-state index in [1.54, 1.807) is 14.2 Å². The molecule has 2 N–H and O–H groups in total. The molecule has 4 unspecified atom stereocenters. The molecule has 2 bridgehead atoms. The highest BCUT2D eigenvalue weighted by Gasteiger charge is 2.58. The lowest BCUT2D eigenvalue weighted by atomic mass is 9.85. The molecule has 8 heteroatoms. The maximum Gasteiger partial charge on any atom is 0.233 e. The lowest BCUT2D eigenvalue weighted by Gasteiger charge is -2.19. The lowest BCUT2D eigenvalue weighted by molar-refractivity contribution is -0.140. The van der Waals surface area contributed by atoms with E-state index in [9.17, 15) is 9.59 Å². The van der Waals surface area contributed by atoms with Gasteiger partial charge in [0.05, 0.1) is 25.6 Å². The Kier molecular flexibility index (Phi) is 6.15. The second kappa shape index (κ2) is 8.99. The van der Waals surface area contributed by atoms with E-state index in [1.165, 1.54) is 4.90 Å². The number of hydrogen-bond donors (Lipinski definition) is 2. The van der Waals surface area contributed by atoms with Gasteiger partial charge in [-0.1, -0.05) is 18.2 Å². The average molecular weight is 427 g/mol. The highest BCUT2D eigenvalue weighted by atomic mass is 16.5. The van der Waals surface area contributed by atoms with Crippen molar-refractivity contribution in [1.82, 2.24) is 15.5 Å². The van der Waals surface area contributed by atoms with Crippen LogP contribution in [0.1, 0.15) is 18.9 Å². The molecule has 4 rings (SSSR count). The summed E-state index contributed by atoms with van der Waals surface area (Å²) in [6, 6.07) is 5.78. The lowest BCUT2D eigenvalue weighted by Crippen LogP contribution is -2.43. The molecule has 0 radical (unpaired) electrons. The minimum absolute atomic E-state index is 0.0155. The van der Waals surface area contributed by atoms with E-state index in [-0.39, 0.29) is 35.5 Å². The quantitative estimate of drug-likeness (QED) is 0.284. The zero-order valence-corrected chi connectivity index (χ0v) is 18.3. The minimum atomic E-state index is -0.144. The first-order valence-electron chi connectivity index (χ1n) is 10.8. The van der Waals surface area contributed by atoms with Gasteiger partial charge in [0.15, 0.2) is 17.5 Å². The first-order valence-corrected chi connectivity index (χ1v) is 10.8. The van der Waals surface area contributed by atoms with Gasteiger partial charge in [-0.25, -0.2) is 0 Å². The predicted molar refractivity (Wildman–Crippen MR) is 117 cm³/mol. The summed E-state index contributed by atoms with van der Waals surface area (Å²) >= 11 is 0. The number of carbonyl (C=O) groups excluding carboxylic acids is 2. The molecule has 3 aliphatic rings. The minimum Gasteiger partial charge on any atom is -0.493 e. The van der Waals surface area contributed by atoms with Crippen LogP contribution in [0, 0.1) is 23.7 Å². The number of allylic oxidation sites excluding steroid dienone is 2. The van der Waals surface area contributed by atoms with Crippen LogP contribution in [0.5, 0.6) is 11.5 Å². The van der Waals surface area contributed by atoms with Gasteiger partial charge >= 0.3 is 0 Å². The Morgan fingerprint density at radius 1 is 1.13 bits per heavy atom. The predicted octanol–water partition coefficient (Wildman–Crippen LogP) is 1.57. The van der Waals surface area contributed by atoms with Crippen molar-refractivity contribution in [3.63, 3.8) is 0 Å². The first-order chi connectivity index (χ1) is 15.1. The molecule has 0 spiro atoms. The molecule has 1 saturated heterocycles. The van der Waals surface area contributed by atoms with E-state index in [0.717, 1.165) is 12.0 Å². The maximum atomic E-state index is 12.8. The molecule has 1 aromatic carbocycles. The van der Waals surface area contributed by atoms with Crippen LogP contribution in [0.25, 0.3) is 0 Å². The van der Waals surface area contributed by atoms with E-state index in [0.29, 0.717) is 43.7 Å². The van der Waals surface area contributed by atoms with Crippen LogP contribution < -0.4 is 20.1 Å². The highest BCUT2D eigenvalue weighted by Crippen LogP contribution is 2.52. The molecule has 0 aromatic heterocycles. The first kappa shape index (κ1) is 21.2. The summed E-state index contributed by atoms with van der Waals surface area (Å²) in [7, 11) is 3.31. The number of hydrogen-bond acceptors (Lipinski definition) is 5. The fraction of sp³-hybridized carbons (Fsp3) is 0.522. The summed E-state index contributed by atoms with van der Waals surface area (Å²) in [5.74, 6) is 2.17. The summed E-state index contributed by atoms with van der Waals surface area (Å²) in [5, 5.41) is 6.44. The largest absolute Gasteiger partial charge is 0.493 e. The molecular weight excluding hydrogens is 396 g/mol. The molecule has 2 aliphatic carbocycles. The number of aliphatic imine (C=N–C) groups is 1. The number of amides is 2. The number of rotatable bonds is 8. The van der Waals surface area contributed by atoms with Crippen molar-refractivity contribution in [1.29, 1.82) is 0 Å². The van der Waals surface area contributed by atoms with Gasteiger partial charge < -0.3 is 20.1 Å². The topological polar surface area (TPSA) is 92.3 Å². The van der Waals surface area contributed by atoms with Crippen molar-refractivity contribution in [2.75, 3.05) is 33.9 Å². The molecule has 1 heterocycles. The van der Waals surface area contributed by atoms with Gasteiger partial charge in [-0.05, 0) is 42.9 Å². The van der Waals surface area contributed by atoms with Crippen molar-refractivity contribution in [2.45, 2.75) is 19.9 Å². The number of fused-ring (bicyclic) bond motifs is 5. The number of guanidine groups is 1.